The molecule has 0 radical (unpaired) electrons. The zero-order chi connectivity index (χ0) is 17.3. The van der Waals surface area contributed by atoms with Gasteiger partial charge in [0.25, 0.3) is 11.8 Å². The van der Waals surface area contributed by atoms with E-state index in [0.717, 1.165) is 8.66 Å². The smallest absolute Gasteiger partial charge is 0.270 e. The van der Waals surface area contributed by atoms with Gasteiger partial charge in [-0.25, -0.2) is 0 Å². The van der Waals surface area contributed by atoms with Crippen molar-refractivity contribution in [3.8, 4) is 5.75 Å². The summed E-state index contributed by atoms with van der Waals surface area (Å²) in [6, 6.07) is 10.5. The van der Waals surface area contributed by atoms with Gasteiger partial charge in [0.2, 0.25) is 0 Å². The molecule has 24 heavy (non-hydrogen) atoms. The van der Waals surface area contributed by atoms with Crippen LogP contribution in [0.1, 0.15) is 4.88 Å². The summed E-state index contributed by atoms with van der Waals surface area (Å²) < 4.78 is 6.03. The molecule has 1 saturated heterocycles. The summed E-state index contributed by atoms with van der Waals surface area (Å²) in [5.41, 5.74) is 0.595. The molecule has 0 atom stereocenters. The molecule has 1 fully saturated rings. The van der Waals surface area contributed by atoms with Crippen molar-refractivity contribution in [3.05, 3.63) is 50.6 Å². The molecule has 1 N–H and O–H groups in total. The number of halogens is 1. The summed E-state index contributed by atoms with van der Waals surface area (Å²) in [4.78, 5) is 27.0. The fourth-order valence-corrected chi connectivity index (χ4v) is 3.82. The van der Waals surface area contributed by atoms with Crippen LogP contribution in [0, 0.1) is 0 Å². The van der Waals surface area contributed by atoms with Crippen LogP contribution < -0.4 is 15.0 Å². The summed E-state index contributed by atoms with van der Waals surface area (Å²) in [7, 11) is 1.56. The van der Waals surface area contributed by atoms with Crippen LogP contribution in [0.3, 0.4) is 0 Å². The highest BCUT2D eigenvalue weighted by atomic mass is 79.9. The lowest BCUT2D eigenvalue weighted by Crippen LogP contribution is -2.54. The molecule has 122 valence electrons. The fourth-order valence-electron chi connectivity index (χ4n) is 2.17. The van der Waals surface area contributed by atoms with Crippen molar-refractivity contribution < 1.29 is 14.3 Å². The molecular weight excluding hydrogens is 412 g/mol. The molecule has 0 saturated carbocycles. The Morgan fingerprint density at radius 1 is 1.21 bits per heavy atom. The molecule has 0 aliphatic carbocycles. The Morgan fingerprint density at radius 3 is 2.50 bits per heavy atom. The number of benzene rings is 1. The van der Waals surface area contributed by atoms with Crippen LogP contribution in [0.25, 0.3) is 6.08 Å². The second-order valence-electron chi connectivity index (χ2n) is 4.80. The number of nitrogens with one attached hydrogen (secondary N) is 1. The molecule has 2 heterocycles. The van der Waals surface area contributed by atoms with Gasteiger partial charge in [0.15, 0.2) is 5.11 Å². The third kappa shape index (κ3) is 3.26. The van der Waals surface area contributed by atoms with Gasteiger partial charge in [-0.3, -0.25) is 19.8 Å². The second-order valence-corrected chi connectivity index (χ2v) is 7.68. The number of nitrogens with zero attached hydrogens (tertiary/aromatic N) is 1. The van der Waals surface area contributed by atoms with Crippen LogP contribution in [-0.4, -0.2) is 24.0 Å². The molecule has 1 aromatic heterocycles. The van der Waals surface area contributed by atoms with E-state index in [9.17, 15) is 9.59 Å². The minimum atomic E-state index is -0.501. The number of thiocarbonyl (C=S) groups is 1. The van der Waals surface area contributed by atoms with Gasteiger partial charge in [-0.2, -0.15) is 0 Å². The SMILES string of the molecule is COc1ccc(N2C(=O)/C(=C\c3ccc(Br)s3)C(=O)NC2=S)cc1. The summed E-state index contributed by atoms with van der Waals surface area (Å²) >= 11 is 9.94. The molecule has 0 bridgehead atoms. The first-order valence-electron chi connectivity index (χ1n) is 6.80. The second kappa shape index (κ2) is 6.84. The van der Waals surface area contributed by atoms with E-state index in [0.29, 0.717) is 11.4 Å². The van der Waals surface area contributed by atoms with Gasteiger partial charge in [0, 0.05) is 4.88 Å². The van der Waals surface area contributed by atoms with E-state index in [-0.39, 0.29) is 10.7 Å². The number of hydrogen-bond acceptors (Lipinski definition) is 5. The van der Waals surface area contributed by atoms with Gasteiger partial charge >= 0.3 is 0 Å². The monoisotopic (exact) mass is 422 g/mol. The maximum absolute atomic E-state index is 12.8. The van der Waals surface area contributed by atoms with Gasteiger partial charge in [-0.05, 0) is 70.6 Å². The molecule has 3 rings (SSSR count). The average molecular weight is 423 g/mol. The number of anilines is 1. The molecule has 5 nitrogen and oxygen atoms in total. The largest absolute Gasteiger partial charge is 0.497 e. The number of thiophene rings is 1. The van der Waals surface area contributed by atoms with Crippen LogP contribution in [0.4, 0.5) is 5.69 Å². The summed E-state index contributed by atoms with van der Waals surface area (Å²) in [5, 5.41) is 2.61. The topological polar surface area (TPSA) is 58.6 Å². The highest BCUT2D eigenvalue weighted by Crippen LogP contribution is 2.27. The number of hydrogen-bond donors (Lipinski definition) is 1. The van der Waals surface area contributed by atoms with Crippen LogP contribution >= 0.6 is 39.5 Å². The summed E-state index contributed by atoms with van der Waals surface area (Å²) in [5.74, 6) is -0.296. The van der Waals surface area contributed by atoms with Crippen molar-refractivity contribution in [1.29, 1.82) is 0 Å². The maximum atomic E-state index is 12.8. The first-order chi connectivity index (χ1) is 11.5. The van der Waals surface area contributed by atoms with E-state index in [1.807, 2.05) is 12.1 Å². The quantitative estimate of drug-likeness (QED) is 0.468. The minimum absolute atomic E-state index is 0.0359. The van der Waals surface area contributed by atoms with Gasteiger partial charge in [0.1, 0.15) is 11.3 Å². The molecule has 1 aliphatic rings. The Kier molecular flexibility index (Phi) is 4.79. The average Bonchev–Trinajstić information content (AvgIpc) is 2.97. The first-order valence-corrected chi connectivity index (χ1v) is 8.82. The zero-order valence-electron chi connectivity index (χ0n) is 12.4. The van der Waals surface area contributed by atoms with Crippen molar-refractivity contribution in [2.45, 2.75) is 0 Å². The van der Waals surface area contributed by atoms with E-state index in [2.05, 4.69) is 21.2 Å². The Balaban J connectivity index is 1.97. The van der Waals surface area contributed by atoms with E-state index in [4.69, 9.17) is 17.0 Å². The van der Waals surface area contributed by atoms with Gasteiger partial charge in [-0.15, -0.1) is 11.3 Å². The fraction of sp³-hybridized carbons (Fsp3) is 0.0625. The molecule has 8 heteroatoms. The van der Waals surface area contributed by atoms with Crippen LogP contribution in [0.5, 0.6) is 5.75 Å². The molecule has 1 aromatic carbocycles. The van der Waals surface area contributed by atoms with Crippen molar-refractivity contribution in [2.75, 3.05) is 12.0 Å². The van der Waals surface area contributed by atoms with Crippen molar-refractivity contribution in [1.82, 2.24) is 5.32 Å². The normalized spacial score (nSPS) is 16.5. The van der Waals surface area contributed by atoms with Crippen LogP contribution in [0.2, 0.25) is 0 Å². The lowest BCUT2D eigenvalue weighted by molar-refractivity contribution is -0.122. The van der Waals surface area contributed by atoms with Crippen LogP contribution in [-0.2, 0) is 9.59 Å². The van der Waals surface area contributed by atoms with E-state index in [1.54, 1.807) is 37.5 Å². The highest BCUT2D eigenvalue weighted by molar-refractivity contribution is 9.11. The lowest BCUT2D eigenvalue weighted by Gasteiger charge is -2.28. The Hall–Kier alpha value is -2.03. The predicted molar refractivity (Wildman–Crippen MR) is 101 cm³/mol. The highest BCUT2D eigenvalue weighted by Gasteiger charge is 2.34. The van der Waals surface area contributed by atoms with E-state index < -0.39 is 11.8 Å². The molecular formula is C16H11BrN2O3S2. The van der Waals surface area contributed by atoms with E-state index in [1.165, 1.54) is 16.2 Å². The zero-order valence-corrected chi connectivity index (χ0v) is 15.6. The Labute approximate surface area is 156 Å². The van der Waals surface area contributed by atoms with Crippen molar-refractivity contribution in [2.24, 2.45) is 0 Å². The van der Waals surface area contributed by atoms with Gasteiger partial charge < -0.3 is 4.74 Å². The third-order valence-corrected chi connectivity index (χ3v) is 5.17. The van der Waals surface area contributed by atoms with Crippen LogP contribution in [0.15, 0.2) is 45.8 Å². The van der Waals surface area contributed by atoms with Gasteiger partial charge in [-0.1, -0.05) is 0 Å². The molecule has 2 aromatic rings. The molecule has 0 unspecified atom stereocenters. The minimum Gasteiger partial charge on any atom is -0.497 e. The number of ether oxygens (including phenoxy) is 1. The number of amides is 2. The maximum Gasteiger partial charge on any atom is 0.270 e. The van der Waals surface area contributed by atoms with E-state index >= 15 is 0 Å². The number of carbonyl (C=O) groups is 2. The molecule has 0 spiro atoms. The third-order valence-electron chi connectivity index (χ3n) is 3.31. The number of carbonyl (C=O) groups excluding carboxylic acids is 2. The predicted octanol–water partition coefficient (Wildman–Crippen LogP) is 3.35. The summed E-state index contributed by atoms with van der Waals surface area (Å²) in [6.07, 6.45) is 1.56. The Morgan fingerprint density at radius 2 is 1.92 bits per heavy atom. The van der Waals surface area contributed by atoms with Crippen molar-refractivity contribution >= 4 is 68.2 Å². The van der Waals surface area contributed by atoms with Crippen molar-refractivity contribution in [3.63, 3.8) is 0 Å². The molecule has 1 aliphatic heterocycles. The molecule has 2 amide bonds. The number of rotatable bonds is 3. The standard InChI is InChI=1S/C16H11BrN2O3S2/c1-22-10-4-2-9(3-5-10)19-15(21)12(14(20)18-16(19)23)8-11-6-7-13(17)24-11/h2-8H,1H3,(H,18,20,23)/b12-8-. The first kappa shape index (κ1) is 16.8. The van der Waals surface area contributed by atoms with Gasteiger partial charge in [0.05, 0.1) is 16.6 Å². The Bertz CT molecular complexity index is 858. The lowest BCUT2D eigenvalue weighted by atomic mass is 10.1. The number of methoxy groups -OCH3 is 1. The summed E-state index contributed by atoms with van der Waals surface area (Å²) in [6.45, 7) is 0.